The Morgan fingerprint density at radius 2 is 1.91 bits per heavy atom. The first-order chi connectivity index (χ1) is 11.0. The van der Waals surface area contributed by atoms with Crippen molar-refractivity contribution < 1.29 is 9.59 Å². The first-order valence-corrected chi connectivity index (χ1v) is 8.20. The highest BCUT2D eigenvalue weighted by molar-refractivity contribution is 7.09. The van der Waals surface area contributed by atoms with Gasteiger partial charge in [-0.25, -0.2) is 9.78 Å². The number of benzene rings is 1. The van der Waals surface area contributed by atoms with E-state index in [0.717, 1.165) is 28.4 Å². The van der Waals surface area contributed by atoms with Gasteiger partial charge in [-0.05, 0) is 31.0 Å². The Labute approximate surface area is 139 Å². The van der Waals surface area contributed by atoms with E-state index < -0.39 is 0 Å². The van der Waals surface area contributed by atoms with E-state index in [0.29, 0.717) is 13.1 Å². The lowest BCUT2D eigenvalue weighted by atomic mass is 10.1. The molecule has 0 bridgehead atoms. The summed E-state index contributed by atoms with van der Waals surface area (Å²) in [5.41, 5.74) is 2.73. The summed E-state index contributed by atoms with van der Waals surface area (Å²) in [5.74, 6) is -0.0913. The van der Waals surface area contributed by atoms with E-state index in [4.69, 9.17) is 0 Å². The Kier molecular flexibility index (Phi) is 6.10. The van der Waals surface area contributed by atoms with Crippen molar-refractivity contribution in [3.05, 3.63) is 45.9 Å². The number of carbonyl (C=O) groups is 2. The third-order valence-corrected chi connectivity index (χ3v) is 3.89. The molecule has 0 unspecified atom stereocenters. The molecule has 0 aliphatic heterocycles. The minimum atomic E-state index is -0.203. The van der Waals surface area contributed by atoms with Crippen molar-refractivity contribution in [1.29, 1.82) is 0 Å². The summed E-state index contributed by atoms with van der Waals surface area (Å²) in [4.78, 5) is 26.9. The topological polar surface area (TPSA) is 83.1 Å². The molecular formula is C16H20N4O2S. The van der Waals surface area contributed by atoms with Crippen molar-refractivity contribution in [2.45, 2.75) is 26.8 Å². The molecule has 0 fully saturated rings. The van der Waals surface area contributed by atoms with E-state index in [1.54, 1.807) is 11.3 Å². The molecule has 1 heterocycles. The Balaban J connectivity index is 1.67. The SMILES string of the molecule is CC(=O)Nc1ccc(CCNC(=O)NCc2csc(C)n2)cc1. The fraction of sp³-hybridized carbons (Fsp3) is 0.312. The highest BCUT2D eigenvalue weighted by Crippen LogP contribution is 2.09. The lowest BCUT2D eigenvalue weighted by Crippen LogP contribution is -2.36. The molecule has 0 aliphatic carbocycles. The van der Waals surface area contributed by atoms with E-state index in [2.05, 4.69) is 20.9 Å². The molecule has 0 atom stereocenters. The van der Waals surface area contributed by atoms with Crippen LogP contribution < -0.4 is 16.0 Å². The van der Waals surface area contributed by atoms with Crippen LogP contribution in [0.1, 0.15) is 23.2 Å². The van der Waals surface area contributed by atoms with Crippen molar-refractivity contribution in [3.8, 4) is 0 Å². The Morgan fingerprint density at radius 1 is 1.17 bits per heavy atom. The van der Waals surface area contributed by atoms with Gasteiger partial charge in [-0.15, -0.1) is 11.3 Å². The summed E-state index contributed by atoms with van der Waals surface area (Å²) < 4.78 is 0. The number of hydrogen-bond donors (Lipinski definition) is 3. The summed E-state index contributed by atoms with van der Waals surface area (Å²) in [6, 6.07) is 7.36. The number of carbonyl (C=O) groups excluding carboxylic acids is 2. The van der Waals surface area contributed by atoms with Gasteiger partial charge in [-0.3, -0.25) is 4.79 Å². The molecule has 1 aromatic carbocycles. The first-order valence-electron chi connectivity index (χ1n) is 7.32. The quantitative estimate of drug-likeness (QED) is 0.760. The van der Waals surface area contributed by atoms with E-state index in [1.165, 1.54) is 6.92 Å². The van der Waals surface area contributed by atoms with Crippen molar-refractivity contribution in [1.82, 2.24) is 15.6 Å². The molecule has 0 radical (unpaired) electrons. The number of nitrogens with zero attached hydrogens (tertiary/aromatic N) is 1. The molecule has 2 aromatic rings. The summed E-state index contributed by atoms with van der Waals surface area (Å²) in [6.45, 7) is 4.39. The number of hydrogen-bond acceptors (Lipinski definition) is 4. The molecule has 3 amide bonds. The van der Waals surface area contributed by atoms with Gasteiger partial charge in [0.2, 0.25) is 5.91 Å². The minimum absolute atomic E-state index is 0.0913. The van der Waals surface area contributed by atoms with Gasteiger partial charge in [0, 0.05) is 24.5 Å². The number of anilines is 1. The van der Waals surface area contributed by atoms with Crippen LogP contribution in [-0.4, -0.2) is 23.5 Å². The lowest BCUT2D eigenvalue weighted by Gasteiger charge is -2.07. The number of thiazole rings is 1. The van der Waals surface area contributed by atoms with Crippen LogP contribution in [0.3, 0.4) is 0 Å². The van der Waals surface area contributed by atoms with Crippen molar-refractivity contribution in [2.24, 2.45) is 0 Å². The van der Waals surface area contributed by atoms with Gasteiger partial charge >= 0.3 is 6.03 Å². The molecule has 2 rings (SSSR count). The smallest absolute Gasteiger partial charge is 0.315 e. The van der Waals surface area contributed by atoms with Crippen molar-refractivity contribution >= 4 is 29.0 Å². The second kappa shape index (κ2) is 8.28. The lowest BCUT2D eigenvalue weighted by molar-refractivity contribution is -0.114. The van der Waals surface area contributed by atoms with Gasteiger partial charge in [0.05, 0.1) is 17.2 Å². The predicted molar refractivity (Wildman–Crippen MR) is 91.5 cm³/mol. The summed E-state index contributed by atoms with van der Waals surface area (Å²) in [5, 5.41) is 11.2. The van der Waals surface area contributed by atoms with Crippen LogP contribution in [0.5, 0.6) is 0 Å². The third-order valence-electron chi connectivity index (χ3n) is 3.07. The second-order valence-electron chi connectivity index (χ2n) is 5.10. The standard InChI is InChI=1S/C16H20N4O2S/c1-11(21)19-14-5-3-13(4-6-14)7-8-17-16(22)18-9-15-10-23-12(2)20-15/h3-6,10H,7-9H2,1-2H3,(H,19,21)(H2,17,18,22). The fourth-order valence-electron chi connectivity index (χ4n) is 2.00. The molecule has 122 valence electrons. The molecule has 7 heteroatoms. The molecule has 6 nitrogen and oxygen atoms in total. The fourth-order valence-corrected chi connectivity index (χ4v) is 2.61. The number of rotatable bonds is 6. The van der Waals surface area contributed by atoms with Crippen LogP contribution in [0.4, 0.5) is 10.5 Å². The molecule has 0 saturated heterocycles. The molecule has 23 heavy (non-hydrogen) atoms. The maximum absolute atomic E-state index is 11.7. The van der Waals surface area contributed by atoms with Gasteiger partial charge in [0.1, 0.15) is 0 Å². The van der Waals surface area contributed by atoms with E-state index in [9.17, 15) is 9.59 Å². The first kappa shape index (κ1) is 17.0. The number of nitrogens with one attached hydrogen (secondary N) is 3. The molecular weight excluding hydrogens is 312 g/mol. The van der Waals surface area contributed by atoms with Crippen LogP contribution in [0.15, 0.2) is 29.6 Å². The normalized spacial score (nSPS) is 10.2. The zero-order chi connectivity index (χ0) is 16.7. The minimum Gasteiger partial charge on any atom is -0.338 e. The van der Waals surface area contributed by atoms with Crippen molar-refractivity contribution in [3.63, 3.8) is 0 Å². The highest BCUT2D eigenvalue weighted by atomic mass is 32.1. The Hall–Kier alpha value is -2.41. The average molecular weight is 332 g/mol. The van der Waals surface area contributed by atoms with Gasteiger partial charge in [0.25, 0.3) is 0 Å². The van der Waals surface area contributed by atoms with Gasteiger partial charge in [-0.1, -0.05) is 12.1 Å². The maximum Gasteiger partial charge on any atom is 0.315 e. The summed E-state index contributed by atoms with van der Waals surface area (Å²) in [6.07, 6.45) is 0.726. The van der Waals surface area contributed by atoms with Gasteiger partial charge in [-0.2, -0.15) is 0 Å². The zero-order valence-corrected chi connectivity index (χ0v) is 14.0. The van der Waals surface area contributed by atoms with Crippen LogP contribution in [-0.2, 0) is 17.8 Å². The molecule has 0 aliphatic rings. The van der Waals surface area contributed by atoms with Crippen LogP contribution in [0.25, 0.3) is 0 Å². The third kappa shape index (κ3) is 6.07. The number of aryl methyl sites for hydroxylation is 1. The summed E-state index contributed by atoms with van der Waals surface area (Å²) in [7, 11) is 0. The Morgan fingerprint density at radius 3 is 2.52 bits per heavy atom. The van der Waals surface area contributed by atoms with E-state index in [1.807, 2.05) is 36.6 Å². The maximum atomic E-state index is 11.7. The van der Waals surface area contributed by atoms with Gasteiger partial charge in [0.15, 0.2) is 0 Å². The molecule has 0 saturated carbocycles. The van der Waals surface area contributed by atoms with Gasteiger partial charge < -0.3 is 16.0 Å². The average Bonchev–Trinajstić information content (AvgIpc) is 2.92. The van der Waals surface area contributed by atoms with Crippen LogP contribution in [0.2, 0.25) is 0 Å². The van der Waals surface area contributed by atoms with Crippen LogP contribution in [0, 0.1) is 6.92 Å². The largest absolute Gasteiger partial charge is 0.338 e. The summed E-state index contributed by atoms with van der Waals surface area (Å²) >= 11 is 1.57. The molecule has 3 N–H and O–H groups in total. The second-order valence-corrected chi connectivity index (χ2v) is 6.16. The number of urea groups is 1. The number of amides is 3. The Bertz CT molecular complexity index is 667. The van der Waals surface area contributed by atoms with Crippen LogP contribution >= 0.6 is 11.3 Å². The van der Waals surface area contributed by atoms with E-state index >= 15 is 0 Å². The zero-order valence-electron chi connectivity index (χ0n) is 13.2. The van der Waals surface area contributed by atoms with E-state index in [-0.39, 0.29) is 11.9 Å². The molecule has 1 aromatic heterocycles. The molecule has 0 spiro atoms. The van der Waals surface area contributed by atoms with Crippen molar-refractivity contribution in [2.75, 3.05) is 11.9 Å². The number of aromatic nitrogens is 1. The highest BCUT2D eigenvalue weighted by Gasteiger charge is 2.03. The monoisotopic (exact) mass is 332 g/mol. The predicted octanol–water partition coefficient (Wildman–Crippen LogP) is 2.45.